The van der Waals surface area contributed by atoms with Gasteiger partial charge in [-0.25, -0.2) is 0 Å². The third kappa shape index (κ3) is 2.57. The number of hydrogen-bond donors (Lipinski definition) is 2. The highest BCUT2D eigenvalue weighted by Gasteiger charge is 2.51. The van der Waals surface area contributed by atoms with Gasteiger partial charge in [-0.1, -0.05) is 6.07 Å². The summed E-state index contributed by atoms with van der Waals surface area (Å²) in [6.45, 7) is 0. The molecule has 1 aromatic carbocycles. The van der Waals surface area contributed by atoms with Crippen molar-refractivity contribution in [2.75, 3.05) is 5.32 Å². The van der Waals surface area contributed by atoms with E-state index in [1.54, 1.807) is 0 Å². The van der Waals surface area contributed by atoms with Crippen LogP contribution in [0, 0.1) is 17.8 Å². The highest BCUT2D eigenvalue weighted by Crippen LogP contribution is 2.55. The van der Waals surface area contributed by atoms with E-state index >= 15 is 0 Å². The molecule has 4 saturated carbocycles. The van der Waals surface area contributed by atoms with Gasteiger partial charge in [0.15, 0.2) is 5.11 Å². The van der Waals surface area contributed by atoms with E-state index in [-0.39, 0.29) is 0 Å². The first kappa shape index (κ1) is 14.3. The highest BCUT2D eigenvalue weighted by molar-refractivity contribution is 7.80. The van der Waals surface area contributed by atoms with Crippen LogP contribution in [0.15, 0.2) is 18.2 Å². The van der Waals surface area contributed by atoms with Gasteiger partial charge in [0.25, 0.3) is 0 Å². The smallest absolute Gasteiger partial charge is 0.171 e. The fraction of sp³-hybridized carbons (Fsp3) is 0.650. The summed E-state index contributed by atoms with van der Waals surface area (Å²) in [5.41, 5.74) is 4.49. The molecule has 1 aromatic rings. The minimum atomic E-state index is 0.301. The van der Waals surface area contributed by atoms with Crippen molar-refractivity contribution in [3.05, 3.63) is 29.3 Å². The van der Waals surface area contributed by atoms with Crippen LogP contribution >= 0.6 is 12.2 Å². The number of thiocarbonyl (C=S) groups is 1. The lowest BCUT2D eigenvalue weighted by molar-refractivity contribution is -0.00972. The summed E-state index contributed by atoms with van der Waals surface area (Å²) >= 11 is 5.68. The summed E-state index contributed by atoms with van der Waals surface area (Å²) in [6, 6.07) is 6.77. The molecule has 0 amide bonds. The van der Waals surface area contributed by atoms with E-state index in [0.29, 0.717) is 5.54 Å². The Hall–Kier alpha value is -1.09. The van der Waals surface area contributed by atoms with Crippen LogP contribution in [0.1, 0.15) is 56.1 Å². The van der Waals surface area contributed by atoms with E-state index in [1.165, 1.54) is 68.9 Å². The minimum Gasteiger partial charge on any atom is -0.357 e. The maximum atomic E-state index is 5.68. The van der Waals surface area contributed by atoms with E-state index in [1.807, 2.05) is 0 Å². The molecule has 4 bridgehead atoms. The number of aryl methyl sites for hydroxylation is 2. The van der Waals surface area contributed by atoms with Crippen molar-refractivity contribution < 1.29 is 0 Å². The van der Waals surface area contributed by atoms with Gasteiger partial charge in [0.1, 0.15) is 0 Å². The van der Waals surface area contributed by atoms with Crippen molar-refractivity contribution in [3.8, 4) is 0 Å². The van der Waals surface area contributed by atoms with Gasteiger partial charge < -0.3 is 10.6 Å². The number of benzene rings is 1. The van der Waals surface area contributed by atoms with Crippen LogP contribution < -0.4 is 10.6 Å². The zero-order valence-electron chi connectivity index (χ0n) is 13.7. The first-order valence-corrected chi connectivity index (χ1v) is 9.79. The predicted molar refractivity (Wildman–Crippen MR) is 98.7 cm³/mol. The Kier molecular flexibility index (Phi) is 3.23. The summed E-state index contributed by atoms with van der Waals surface area (Å²) in [4.78, 5) is 0. The molecule has 5 aliphatic rings. The van der Waals surface area contributed by atoms with Crippen LogP contribution in [0.5, 0.6) is 0 Å². The van der Waals surface area contributed by atoms with E-state index in [9.17, 15) is 0 Å². The maximum Gasteiger partial charge on any atom is 0.171 e. The molecular formula is C20H26N2S. The summed E-state index contributed by atoms with van der Waals surface area (Å²) in [6.07, 6.45) is 12.2. The number of hydrogen-bond acceptors (Lipinski definition) is 1. The van der Waals surface area contributed by atoms with Crippen LogP contribution in [-0.2, 0) is 12.8 Å². The van der Waals surface area contributed by atoms with E-state index in [0.717, 1.165) is 28.6 Å². The Bertz CT molecular complexity index is 616. The van der Waals surface area contributed by atoms with Crippen LogP contribution in [0.2, 0.25) is 0 Å². The Labute approximate surface area is 144 Å². The molecule has 0 aromatic heterocycles. The summed E-state index contributed by atoms with van der Waals surface area (Å²) < 4.78 is 0. The van der Waals surface area contributed by atoms with Gasteiger partial charge in [-0.05, 0) is 111 Å². The molecule has 0 heterocycles. The topological polar surface area (TPSA) is 24.1 Å². The van der Waals surface area contributed by atoms with Gasteiger partial charge in [0, 0.05) is 11.2 Å². The lowest BCUT2D eigenvalue weighted by Gasteiger charge is -2.57. The number of rotatable bonds is 2. The summed E-state index contributed by atoms with van der Waals surface area (Å²) in [7, 11) is 0. The van der Waals surface area contributed by atoms with Crippen molar-refractivity contribution in [1.29, 1.82) is 0 Å². The van der Waals surface area contributed by atoms with Crippen molar-refractivity contribution in [2.24, 2.45) is 17.8 Å². The first-order chi connectivity index (χ1) is 11.2. The minimum absolute atomic E-state index is 0.301. The second-order valence-corrected chi connectivity index (χ2v) is 9.02. The molecule has 0 unspecified atom stereocenters. The molecule has 5 aliphatic carbocycles. The number of fused-ring (bicyclic) bond motifs is 1. The molecule has 0 saturated heterocycles. The Morgan fingerprint density at radius 3 is 2.30 bits per heavy atom. The molecular weight excluding hydrogens is 300 g/mol. The van der Waals surface area contributed by atoms with Gasteiger partial charge in [-0.15, -0.1) is 0 Å². The Morgan fingerprint density at radius 1 is 0.957 bits per heavy atom. The molecule has 23 heavy (non-hydrogen) atoms. The van der Waals surface area contributed by atoms with Gasteiger partial charge in [0.05, 0.1) is 0 Å². The highest BCUT2D eigenvalue weighted by atomic mass is 32.1. The monoisotopic (exact) mass is 326 g/mol. The third-order valence-electron chi connectivity index (χ3n) is 6.77. The average Bonchev–Trinajstić information content (AvgIpc) is 2.92. The predicted octanol–water partition coefficient (Wildman–Crippen LogP) is 4.43. The normalized spacial score (nSPS) is 36.8. The summed E-state index contributed by atoms with van der Waals surface area (Å²) in [5, 5.41) is 8.07. The van der Waals surface area contributed by atoms with E-state index < -0.39 is 0 Å². The van der Waals surface area contributed by atoms with Crippen molar-refractivity contribution >= 4 is 23.0 Å². The molecule has 4 fully saturated rings. The van der Waals surface area contributed by atoms with Crippen LogP contribution in [0.3, 0.4) is 0 Å². The largest absolute Gasteiger partial charge is 0.357 e. The zero-order valence-corrected chi connectivity index (χ0v) is 14.6. The molecule has 0 atom stereocenters. The van der Waals surface area contributed by atoms with E-state index in [2.05, 4.69) is 28.8 Å². The van der Waals surface area contributed by atoms with Crippen molar-refractivity contribution in [3.63, 3.8) is 0 Å². The molecule has 3 heteroatoms. The number of nitrogens with one attached hydrogen (secondary N) is 2. The quantitative estimate of drug-likeness (QED) is 0.786. The fourth-order valence-electron chi connectivity index (χ4n) is 6.32. The summed E-state index contributed by atoms with van der Waals surface area (Å²) in [5.74, 6) is 2.87. The molecule has 2 N–H and O–H groups in total. The van der Waals surface area contributed by atoms with Gasteiger partial charge in [-0.3, -0.25) is 0 Å². The van der Waals surface area contributed by atoms with Gasteiger partial charge in [-0.2, -0.15) is 0 Å². The van der Waals surface area contributed by atoms with Crippen molar-refractivity contribution in [1.82, 2.24) is 5.32 Å². The Morgan fingerprint density at radius 2 is 1.61 bits per heavy atom. The van der Waals surface area contributed by atoms with Gasteiger partial charge in [0.2, 0.25) is 0 Å². The lowest BCUT2D eigenvalue weighted by Crippen LogP contribution is -2.60. The zero-order chi connectivity index (χ0) is 15.4. The SMILES string of the molecule is S=C(Nc1ccc2c(c1)CCC2)NC12CC3CC(CC(C3)C1)C2. The second-order valence-electron chi connectivity index (χ2n) is 8.61. The molecule has 2 nitrogen and oxygen atoms in total. The van der Waals surface area contributed by atoms with Crippen molar-refractivity contribution in [2.45, 2.75) is 63.3 Å². The third-order valence-corrected chi connectivity index (χ3v) is 6.98. The molecule has 122 valence electrons. The molecule has 6 rings (SSSR count). The molecule has 0 aliphatic heterocycles. The molecule has 0 radical (unpaired) electrons. The molecule has 0 spiro atoms. The standard InChI is InChI=1S/C20H26N2S/c23-19(21-18-5-4-16-2-1-3-17(16)9-18)22-20-10-13-6-14(11-20)8-15(7-13)12-20/h4-5,9,13-15H,1-3,6-8,10-12H2,(H2,21,22,23). The fourth-order valence-corrected chi connectivity index (χ4v) is 6.65. The van der Waals surface area contributed by atoms with Crippen LogP contribution in [0.25, 0.3) is 0 Å². The maximum absolute atomic E-state index is 5.68. The van der Waals surface area contributed by atoms with Crippen LogP contribution in [0.4, 0.5) is 5.69 Å². The lowest BCUT2D eigenvalue weighted by atomic mass is 9.53. The first-order valence-electron chi connectivity index (χ1n) is 9.38. The number of anilines is 1. The average molecular weight is 327 g/mol. The van der Waals surface area contributed by atoms with Crippen LogP contribution in [-0.4, -0.2) is 10.7 Å². The Balaban J connectivity index is 1.28. The van der Waals surface area contributed by atoms with E-state index in [4.69, 9.17) is 12.2 Å². The second kappa shape index (κ2) is 5.20. The van der Waals surface area contributed by atoms with Gasteiger partial charge >= 0.3 is 0 Å².